The molecule has 0 aliphatic rings. The number of esters is 1. The van der Waals surface area contributed by atoms with Crippen LogP contribution in [0.5, 0.6) is 0 Å². The van der Waals surface area contributed by atoms with Crippen LogP contribution in [0, 0.1) is 0 Å². The van der Waals surface area contributed by atoms with Crippen molar-refractivity contribution in [2.24, 2.45) is 0 Å². The summed E-state index contributed by atoms with van der Waals surface area (Å²) in [5, 5.41) is 3.11. The minimum atomic E-state index is -0.494. The second-order valence-corrected chi connectivity index (χ2v) is 3.95. The molecule has 0 aliphatic heterocycles. The van der Waals surface area contributed by atoms with Crippen LogP contribution in [0.3, 0.4) is 0 Å². The third kappa shape index (κ3) is 3.28. The van der Waals surface area contributed by atoms with Crippen LogP contribution in [0.2, 0.25) is 0 Å². The van der Waals surface area contributed by atoms with E-state index < -0.39 is 5.97 Å². The van der Waals surface area contributed by atoms with Crippen LogP contribution in [0.1, 0.15) is 23.0 Å². The molecule has 0 unspecified atom stereocenters. The average molecular weight is 257 g/mol. The molecule has 1 aromatic heterocycles. The van der Waals surface area contributed by atoms with Crippen molar-refractivity contribution in [1.29, 1.82) is 0 Å². The van der Waals surface area contributed by atoms with Gasteiger partial charge in [0.15, 0.2) is 5.69 Å². The molecule has 0 atom stereocenters. The van der Waals surface area contributed by atoms with E-state index in [-0.39, 0.29) is 5.69 Å². The SMILES string of the molecule is CCc1ccc(Nc2cnc(C(=O)OC)cn2)cc1. The summed E-state index contributed by atoms with van der Waals surface area (Å²) in [4.78, 5) is 19.3. The van der Waals surface area contributed by atoms with E-state index in [4.69, 9.17) is 0 Å². The van der Waals surface area contributed by atoms with Crippen molar-refractivity contribution in [3.05, 3.63) is 47.9 Å². The maximum atomic E-state index is 11.2. The maximum Gasteiger partial charge on any atom is 0.358 e. The molecule has 1 N–H and O–H groups in total. The van der Waals surface area contributed by atoms with Crippen LogP contribution in [-0.4, -0.2) is 23.0 Å². The molecule has 0 radical (unpaired) electrons. The van der Waals surface area contributed by atoms with Gasteiger partial charge in [0, 0.05) is 5.69 Å². The van der Waals surface area contributed by atoms with Crippen LogP contribution < -0.4 is 5.32 Å². The molecule has 0 bridgehead atoms. The highest BCUT2D eigenvalue weighted by Crippen LogP contribution is 2.14. The first kappa shape index (κ1) is 13.0. The molecular weight excluding hydrogens is 242 g/mol. The van der Waals surface area contributed by atoms with Crippen molar-refractivity contribution >= 4 is 17.5 Å². The fraction of sp³-hybridized carbons (Fsp3) is 0.214. The van der Waals surface area contributed by atoms with Gasteiger partial charge < -0.3 is 10.1 Å². The van der Waals surface area contributed by atoms with Crippen LogP contribution in [0.25, 0.3) is 0 Å². The van der Waals surface area contributed by atoms with Gasteiger partial charge in [0.25, 0.3) is 0 Å². The fourth-order valence-corrected chi connectivity index (χ4v) is 1.57. The number of benzene rings is 1. The van der Waals surface area contributed by atoms with Crippen LogP contribution in [0.4, 0.5) is 11.5 Å². The third-order valence-corrected chi connectivity index (χ3v) is 2.68. The quantitative estimate of drug-likeness (QED) is 0.853. The molecule has 0 spiro atoms. The summed E-state index contributed by atoms with van der Waals surface area (Å²) in [5.41, 5.74) is 2.39. The number of nitrogens with one attached hydrogen (secondary N) is 1. The lowest BCUT2D eigenvalue weighted by Crippen LogP contribution is -2.05. The number of rotatable bonds is 4. The predicted molar refractivity (Wildman–Crippen MR) is 72.5 cm³/mol. The fourth-order valence-electron chi connectivity index (χ4n) is 1.57. The van der Waals surface area contributed by atoms with E-state index in [2.05, 4.69) is 39.1 Å². The topological polar surface area (TPSA) is 64.1 Å². The van der Waals surface area contributed by atoms with Gasteiger partial charge >= 0.3 is 5.97 Å². The Bertz CT molecular complexity index is 550. The van der Waals surface area contributed by atoms with E-state index >= 15 is 0 Å². The zero-order chi connectivity index (χ0) is 13.7. The van der Waals surface area contributed by atoms with E-state index in [0.717, 1.165) is 12.1 Å². The van der Waals surface area contributed by atoms with Gasteiger partial charge in [-0.3, -0.25) is 0 Å². The number of carbonyl (C=O) groups excluding carboxylic acids is 1. The highest BCUT2D eigenvalue weighted by atomic mass is 16.5. The van der Waals surface area contributed by atoms with Crippen molar-refractivity contribution in [1.82, 2.24) is 9.97 Å². The Morgan fingerprint density at radius 2 is 1.95 bits per heavy atom. The maximum absolute atomic E-state index is 11.2. The molecule has 0 amide bonds. The number of nitrogens with zero attached hydrogens (tertiary/aromatic N) is 2. The normalized spacial score (nSPS) is 10.0. The van der Waals surface area contributed by atoms with Gasteiger partial charge in [-0.2, -0.15) is 0 Å². The summed E-state index contributed by atoms with van der Waals surface area (Å²) < 4.78 is 4.56. The van der Waals surface area contributed by atoms with E-state index in [1.165, 1.54) is 25.1 Å². The van der Waals surface area contributed by atoms with Gasteiger partial charge in [-0.25, -0.2) is 14.8 Å². The third-order valence-electron chi connectivity index (χ3n) is 2.68. The molecule has 19 heavy (non-hydrogen) atoms. The zero-order valence-electron chi connectivity index (χ0n) is 10.9. The van der Waals surface area contributed by atoms with Crippen molar-refractivity contribution in [3.63, 3.8) is 0 Å². The number of ether oxygens (including phenoxy) is 1. The summed E-state index contributed by atoms with van der Waals surface area (Å²) in [6.45, 7) is 2.11. The number of methoxy groups -OCH3 is 1. The lowest BCUT2D eigenvalue weighted by molar-refractivity contribution is 0.0593. The van der Waals surface area contributed by atoms with Crippen LogP contribution in [-0.2, 0) is 11.2 Å². The summed E-state index contributed by atoms with van der Waals surface area (Å²) >= 11 is 0. The molecule has 5 heteroatoms. The smallest absolute Gasteiger partial charge is 0.358 e. The minimum Gasteiger partial charge on any atom is -0.464 e. The Hall–Kier alpha value is -2.43. The molecule has 0 saturated carbocycles. The highest BCUT2D eigenvalue weighted by molar-refractivity contribution is 5.86. The Labute approximate surface area is 111 Å². The second kappa shape index (κ2) is 5.95. The Kier molecular flexibility index (Phi) is 4.07. The van der Waals surface area contributed by atoms with Crippen molar-refractivity contribution in [2.45, 2.75) is 13.3 Å². The number of aryl methyl sites for hydroxylation is 1. The summed E-state index contributed by atoms with van der Waals surface area (Å²) in [6, 6.07) is 8.07. The van der Waals surface area contributed by atoms with Gasteiger partial charge in [-0.05, 0) is 24.1 Å². The number of hydrogen-bond donors (Lipinski definition) is 1. The van der Waals surface area contributed by atoms with Gasteiger partial charge in [-0.1, -0.05) is 19.1 Å². The monoisotopic (exact) mass is 257 g/mol. The molecule has 5 nitrogen and oxygen atoms in total. The van der Waals surface area contributed by atoms with E-state index in [0.29, 0.717) is 5.82 Å². The van der Waals surface area contributed by atoms with Gasteiger partial charge in [0.2, 0.25) is 0 Å². The summed E-state index contributed by atoms with van der Waals surface area (Å²) in [6.07, 6.45) is 3.89. The number of anilines is 2. The Morgan fingerprint density at radius 3 is 2.47 bits per heavy atom. The largest absolute Gasteiger partial charge is 0.464 e. The first-order valence-electron chi connectivity index (χ1n) is 5.99. The molecule has 0 saturated heterocycles. The molecule has 0 fully saturated rings. The molecule has 2 rings (SSSR count). The average Bonchev–Trinajstić information content (AvgIpc) is 2.48. The number of carbonyl (C=O) groups is 1. The molecule has 1 heterocycles. The van der Waals surface area contributed by atoms with Crippen molar-refractivity contribution in [3.8, 4) is 0 Å². The van der Waals surface area contributed by atoms with Crippen LogP contribution in [0.15, 0.2) is 36.7 Å². The molecule has 98 valence electrons. The van der Waals surface area contributed by atoms with Crippen LogP contribution >= 0.6 is 0 Å². The van der Waals surface area contributed by atoms with Crippen molar-refractivity contribution in [2.75, 3.05) is 12.4 Å². The molecule has 0 aliphatic carbocycles. The predicted octanol–water partition coefficient (Wildman–Crippen LogP) is 2.57. The zero-order valence-corrected chi connectivity index (χ0v) is 10.9. The first-order valence-corrected chi connectivity index (χ1v) is 5.99. The van der Waals surface area contributed by atoms with Gasteiger partial charge in [0.1, 0.15) is 5.82 Å². The van der Waals surface area contributed by atoms with Gasteiger partial charge in [0.05, 0.1) is 19.5 Å². The van der Waals surface area contributed by atoms with Gasteiger partial charge in [-0.15, -0.1) is 0 Å². The summed E-state index contributed by atoms with van der Waals surface area (Å²) in [7, 11) is 1.31. The first-order chi connectivity index (χ1) is 9.22. The highest BCUT2D eigenvalue weighted by Gasteiger charge is 2.07. The number of hydrogen-bond acceptors (Lipinski definition) is 5. The minimum absolute atomic E-state index is 0.189. The van der Waals surface area contributed by atoms with E-state index in [9.17, 15) is 4.79 Å². The summed E-state index contributed by atoms with van der Waals surface area (Å²) in [5.74, 6) is 0.0863. The Morgan fingerprint density at radius 1 is 1.21 bits per heavy atom. The molecule has 1 aromatic carbocycles. The lowest BCUT2D eigenvalue weighted by atomic mass is 10.1. The van der Waals surface area contributed by atoms with Crippen molar-refractivity contribution < 1.29 is 9.53 Å². The van der Waals surface area contributed by atoms with E-state index in [1.807, 2.05) is 12.1 Å². The standard InChI is InChI=1S/C14H15N3O2/c1-3-10-4-6-11(7-5-10)17-13-9-15-12(8-16-13)14(18)19-2/h4-9H,3H2,1-2H3,(H,16,17). The second-order valence-electron chi connectivity index (χ2n) is 3.95. The van der Waals surface area contributed by atoms with E-state index in [1.54, 1.807) is 0 Å². The number of aromatic nitrogens is 2. The Balaban J connectivity index is 2.08. The lowest BCUT2D eigenvalue weighted by Gasteiger charge is -2.06. The molecular formula is C14H15N3O2. The molecule has 2 aromatic rings.